The van der Waals surface area contributed by atoms with Crippen LogP contribution >= 0.6 is 0 Å². The van der Waals surface area contributed by atoms with Crippen molar-refractivity contribution in [2.45, 2.75) is 0 Å². The van der Waals surface area contributed by atoms with Crippen LogP contribution in [0.4, 0.5) is 0 Å². The summed E-state index contributed by atoms with van der Waals surface area (Å²) in [5.41, 5.74) is 4.71. The quantitative estimate of drug-likeness (QED) is 0.167. The molecule has 0 radical (unpaired) electrons. The van der Waals surface area contributed by atoms with Gasteiger partial charge in [0.1, 0.15) is 0 Å². The number of para-hydroxylation sites is 4. The Kier molecular flexibility index (Phi) is 4.69. The molecule has 9 aromatic carbocycles. The molecule has 0 fully saturated rings. The zero-order chi connectivity index (χ0) is 48.8. The number of aromatic nitrogens is 3. The van der Waals surface area contributed by atoms with E-state index in [1.54, 1.807) is 4.57 Å². The molecule has 0 bridgehead atoms. The molecule has 0 unspecified atom stereocenters. The van der Waals surface area contributed by atoms with Crippen molar-refractivity contribution in [2.24, 2.45) is 0 Å². The SMILES string of the molecule is [2H]c1c([2H])c([2H])c(-c2c([2H])c([2H])c([2H])c(-c3c([2H])c([2H])c([2H])c(-n4c5ccccc5c5ccc(-n6c7ccccc7c7cc(-n8c9ccccc9c9ccccc98)ccc76)cc54)c3[2H])c2[2H])c([2H])c1[2H]. The summed E-state index contributed by atoms with van der Waals surface area (Å²) in [5.74, 6) is 0. The van der Waals surface area contributed by atoms with E-state index in [9.17, 15) is 6.85 Å². The van der Waals surface area contributed by atoms with Gasteiger partial charge in [0.2, 0.25) is 0 Å². The van der Waals surface area contributed by atoms with Crippen LogP contribution in [0.2, 0.25) is 0 Å². The first kappa shape index (κ1) is 21.5. The van der Waals surface area contributed by atoms with Gasteiger partial charge in [-0.05, 0) is 95.0 Å². The Morgan fingerprint density at radius 2 is 0.702 bits per heavy atom. The van der Waals surface area contributed by atoms with E-state index in [1.165, 1.54) is 0 Å². The van der Waals surface area contributed by atoms with Gasteiger partial charge in [-0.3, -0.25) is 0 Å². The van der Waals surface area contributed by atoms with Crippen molar-refractivity contribution in [3.63, 3.8) is 0 Å². The van der Waals surface area contributed by atoms with Gasteiger partial charge in [-0.1, -0.05) is 139 Å². The number of rotatable bonds is 5. The molecule has 12 aromatic rings. The predicted octanol–water partition coefficient (Wildman–Crippen LogP) is 14.3. The van der Waals surface area contributed by atoms with E-state index >= 15 is 0 Å². The van der Waals surface area contributed by atoms with Gasteiger partial charge in [0, 0.05) is 49.4 Å². The Bertz CT molecular complexity index is 4220. The fourth-order valence-electron chi connectivity index (χ4n) is 8.46. The summed E-state index contributed by atoms with van der Waals surface area (Å²) in [6.07, 6.45) is 0. The summed E-state index contributed by atoms with van der Waals surface area (Å²) in [5, 5.41) is 5.87. The predicted molar refractivity (Wildman–Crippen MR) is 240 cm³/mol. The monoisotopic (exact) mass is 738 g/mol. The lowest BCUT2D eigenvalue weighted by atomic mass is 9.99. The van der Waals surface area contributed by atoms with Gasteiger partial charge in [-0.25, -0.2) is 0 Å². The fraction of sp³-hybridized carbons (Fsp3) is 0. The third kappa shape index (κ3) is 4.86. The van der Waals surface area contributed by atoms with Gasteiger partial charge in [0.25, 0.3) is 0 Å². The minimum Gasteiger partial charge on any atom is -0.309 e. The summed E-state index contributed by atoms with van der Waals surface area (Å²) in [7, 11) is 0. The van der Waals surface area contributed by atoms with Crippen molar-refractivity contribution in [3.05, 3.63) is 212 Å². The molecule has 0 N–H and O–H groups in total. The van der Waals surface area contributed by atoms with Crippen LogP contribution in [0, 0.1) is 0 Å². The average Bonchev–Trinajstić information content (AvgIpc) is 4.01. The molecule has 0 saturated carbocycles. The highest BCUT2D eigenvalue weighted by molar-refractivity contribution is 6.13. The van der Waals surface area contributed by atoms with Crippen molar-refractivity contribution >= 4 is 65.4 Å². The summed E-state index contributed by atoms with van der Waals surface area (Å²) in [4.78, 5) is 0. The first-order valence-corrected chi connectivity index (χ1v) is 18.5. The molecule has 3 heteroatoms. The van der Waals surface area contributed by atoms with Gasteiger partial charge in [-0.2, -0.15) is 0 Å². The van der Waals surface area contributed by atoms with Crippen LogP contribution in [0.15, 0.2) is 212 Å². The lowest BCUT2D eigenvalue weighted by molar-refractivity contribution is 1.15. The highest BCUT2D eigenvalue weighted by atomic mass is 15.0. The maximum absolute atomic E-state index is 9.87. The highest BCUT2D eigenvalue weighted by Crippen LogP contribution is 2.39. The third-order valence-electron chi connectivity index (χ3n) is 10.9. The Morgan fingerprint density at radius 3 is 1.32 bits per heavy atom. The van der Waals surface area contributed by atoms with Gasteiger partial charge in [0.15, 0.2) is 0 Å². The van der Waals surface area contributed by atoms with Gasteiger partial charge in [0.05, 0.1) is 50.9 Å². The zero-order valence-electron chi connectivity index (χ0n) is 43.0. The molecule has 0 aliphatic rings. The van der Waals surface area contributed by atoms with Crippen LogP contribution in [0.5, 0.6) is 0 Å². The normalized spacial score (nSPS) is 15.1. The van der Waals surface area contributed by atoms with Gasteiger partial charge < -0.3 is 13.7 Å². The Balaban J connectivity index is 1.11. The van der Waals surface area contributed by atoms with E-state index in [4.69, 9.17) is 11.0 Å². The van der Waals surface area contributed by atoms with E-state index in [-0.39, 0.29) is 5.69 Å². The summed E-state index contributed by atoms with van der Waals surface area (Å²) in [6.45, 7) is 0. The Hall–Kier alpha value is -7.62. The second-order valence-electron chi connectivity index (χ2n) is 14.0. The molecular formula is C54H35N3. The van der Waals surface area contributed by atoms with E-state index in [1.807, 2.05) is 66.7 Å². The molecule has 0 atom stereocenters. The molecule has 57 heavy (non-hydrogen) atoms. The molecule has 0 aliphatic carbocycles. The first-order chi connectivity index (χ1) is 33.7. The number of hydrogen-bond donors (Lipinski definition) is 0. The van der Waals surface area contributed by atoms with Crippen LogP contribution < -0.4 is 0 Å². The maximum atomic E-state index is 9.87. The van der Waals surface area contributed by atoms with Crippen LogP contribution in [0.1, 0.15) is 17.8 Å². The highest BCUT2D eigenvalue weighted by Gasteiger charge is 2.19. The molecule has 3 heterocycles. The van der Waals surface area contributed by atoms with Crippen molar-refractivity contribution in [2.75, 3.05) is 0 Å². The van der Waals surface area contributed by atoms with Crippen LogP contribution in [0.25, 0.3) is 105 Å². The maximum Gasteiger partial charge on any atom is 0.0651 e. The number of hydrogen-bond acceptors (Lipinski definition) is 0. The third-order valence-corrected chi connectivity index (χ3v) is 10.9. The number of nitrogens with zero attached hydrogens (tertiary/aromatic N) is 3. The minimum atomic E-state index is -0.774. The molecule has 0 amide bonds. The molecule has 3 nitrogen and oxygen atoms in total. The smallest absolute Gasteiger partial charge is 0.0651 e. The fourth-order valence-corrected chi connectivity index (χ4v) is 8.46. The largest absolute Gasteiger partial charge is 0.309 e. The van der Waals surface area contributed by atoms with Crippen LogP contribution in [-0.2, 0) is 0 Å². The van der Waals surface area contributed by atoms with Crippen LogP contribution in [0.3, 0.4) is 0 Å². The summed E-state index contributed by atoms with van der Waals surface area (Å²) in [6, 6.07) is 35.8. The Labute approximate surface area is 347 Å². The number of benzene rings is 9. The summed E-state index contributed by atoms with van der Waals surface area (Å²) < 4.78 is 122. The first-order valence-electron chi connectivity index (χ1n) is 25.0. The number of fused-ring (bicyclic) bond motifs is 9. The zero-order valence-corrected chi connectivity index (χ0v) is 30.0. The summed E-state index contributed by atoms with van der Waals surface area (Å²) >= 11 is 0. The molecule has 266 valence electrons. The molecule has 0 saturated heterocycles. The molecule has 12 rings (SSSR count). The molecule has 0 spiro atoms. The molecule has 0 aliphatic heterocycles. The topological polar surface area (TPSA) is 14.8 Å². The van der Waals surface area contributed by atoms with Gasteiger partial charge in [-0.15, -0.1) is 0 Å². The van der Waals surface area contributed by atoms with Crippen molar-refractivity contribution in [1.82, 2.24) is 13.7 Å². The van der Waals surface area contributed by atoms with E-state index in [0.29, 0.717) is 11.0 Å². The van der Waals surface area contributed by atoms with Crippen molar-refractivity contribution in [3.8, 4) is 39.3 Å². The van der Waals surface area contributed by atoms with E-state index in [0.717, 1.165) is 65.8 Å². The lowest BCUT2D eigenvalue weighted by Gasteiger charge is -2.13. The average molecular weight is 739 g/mol. The molecule has 3 aromatic heterocycles. The van der Waals surface area contributed by atoms with Crippen LogP contribution in [-0.4, -0.2) is 13.7 Å². The minimum absolute atomic E-state index is 0.137. The second-order valence-corrected chi connectivity index (χ2v) is 14.0. The second kappa shape index (κ2) is 12.5. The standard InChI is InChI=1S/C54H35N3/c1-2-14-36(15-3-1)37-16-12-17-38(32-37)39-18-13-19-40(33-39)57-51-26-10-6-22-45(51)47-30-28-42(35-54(47)57)56-52-27-11-7-23-46(52)48-34-41(29-31-53(48)56)55-49-24-8-4-20-43(49)44-21-5-9-25-50(44)55/h1-35H/i1D,2D,3D,12D,13D,14D,15D,16D,17D,18D,19D,32D,33D. The van der Waals surface area contributed by atoms with Gasteiger partial charge >= 0.3 is 0 Å². The van der Waals surface area contributed by atoms with Crippen molar-refractivity contribution < 1.29 is 17.8 Å². The lowest BCUT2D eigenvalue weighted by Crippen LogP contribution is -1.98. The van der Waals surface area contributed by atoms with E-state index < -0.39 is 101 Å². The van der Waals surface area contributed by atoms with Crippen molar-refractivity contribution in [1.29, 1.82) is 0 Å². The Morgan fingerprint density at radius 1 is 0.281 bits per heavy atom. The van der Waals surface area contributed by atoms with E-state index in [2.05, 4.69) is 75.9 Å². The molecular weight excluding hydrogens is 691 g/mol.